The molecule has 138 valence electrons. The molecule has 4 nitrogen and oxygen atoms in total. The van der Waals surface area contributed by atoms with Crippen LogP contribution in [0.25, 0.3) is 0 Å². The van der Waals surface area contributed by atoms with Gasteiger partial charge in [-0.2, -0.15) is 26.3 Å². The SMILES string of the molecule is O=C(CC(F)(F)F)N1CCN(C(=O)c2ccc(C(F)(F)F)cc2)CC1. The molecule has 10 heteroatoms. The monoisotopic (exact) mass is 368 g/mol. The lowest BCUT2D eigenvalue weighted by Crippen LogP contribution is -2.51. The van der Waals surface area contributed by atoms with Gasteiger partial charge in [-0.05, 0) is 24.3 Å². The minimum Gasteiger partial charge on any atom is -0.339 e. The molecule has 25 heavy (non-hydrogen) atoms. The van der Waals surface area contributed by atoms with Crippen LogP contribution in [0.15, 0.2) is 24.3 Å². The van der Waals surface area contributed by atoms with Crippen molar-refractivity contribution in [2.24, 2.45) is 0 Å². The third-order valence-electron chi connectivity index (χ3n) is 3.73. The number of benzene rings is 1. The summed E-state index contributed by atoms with van der Waals surface area (Å²) in [7, 11) is 0. The van der Waals surface area contributed by atoms with Gasteiger partial charge in [0.25, 0.3) is 5.91 Å². The van der Waals surface area contributed by atoms with Crippen LogP contribution in [0.5, 0.6) is 0 Å². The van der Waals surface area contributed by atoms with E-state index >= 15 is 0 Å². The standard InChI is InChI=1S/C15H14F6N2O2/c16-14(17,18)9-12(24)22-5-7-23(8-6-22)13(25)10-1-3-11(4-2-10)15(19,20)21/h1-4H,5-9H2. The van der Waals surface area contributed by atoms with Crippen LogP contribution < -0.4 is 0 Å². The first-order valence-corrected chi connectivity index (χ1v) is 7.28. The number of carbonyl (C=O) groups is 2. The lowest BCUT2D eigenvalue weighted by atomic mass is 10.1. The van der Waals surface area contributed by atoms with Crippen LogP contribution >= 0.6 is 0 Å². The van der Waals surface area contributed by atoms with E-state index in [1.54, 1.807) is 0 Å². The van der Waals surface area contributed by atoms with Crippen LogP contribution in [0, 0.1) is 0 Å². The molecule has 0 atom stereocenters. The quantitative estimate of drug-likeness (QED) is 0.754. The van der Waals surface area contributed by atoms with Crippen LogP contribution in [-0.4, -0.2) is 54.0 Å². The Hall–Kier alpha value is -2.26. The van der Waals surface area contributed by atoms with E-state index < -0.39 is 36.2 Å². The predicted molar refractivity (Wildman–Crippen MR) is 74.6 cm³/mol. The number of hydrogen-bond acceptors (Lipinski definition) is 2. The second kappa shape index (κ2) is 6.93. The fraction of sp³-hybridized carbons (Fsp3) is 0.467. The number of nitrogens with zero attached hydrogens (tertiary/aromatic N) is 2. The van der Waals surface area contributed by atoms with Crippen LogP contribution in [0.2, 0.25) is 0 Å². The maximum Gasteiger partial charge on any atom is 0.416 e. The zero-order valence-electron chi connectivity index (χ0n) is 12.8. The molecule has 0 aliphatic carbocycles. The first-order chi connectivity index (χ1) is 11.5. The molecule has 2 rings (SSSR count). The molecule has 1 aliphatic rings. The number of rotatable bonds is 2. The van der Waals surface area contributed by atoms with Crippen molar-refractivity contribution in [1.29, 1.82) is 0 Å². The molecule has 2 amide bonds. The number of alkyl halides is 6. The molecular formula is C15H14F6N2O2. The van der Waals surface area contributed by atoms with Gasteiger partial charge in [0.05, 0.1) is 5.56 Å². The van der Waals surface area contributed by atoms with E-state index in [0.717, 1.165) is 29.2 Å². The van der Waals surface area contributed by atoms with E-state index in [4.69, 9.17) is 0 Å². The fourth-order valence-corrected chi connectivity index (χ4v) is 2.43. The van der Waals surface area contributed by atoms with Crippen molar-refractivity contribution in [3.63, 3.8) is 0 Å². The van der Waals surface area contributed by atoms with Crippen molar-refractivity contribution in [3.05, 3.63) is 35.4 Å². The Morgan fingerprint density at radius 2 is 1.32 bits per heavy atom. The van der Waals surface area contributed by atoms with Crippen molar-refractivity contribution in [2.45, 2.75) is 18.8 Å². The molecule has 0 spiro atoms. The van der Waals surface area contributed by atoms with Crippen LogP contribution in [0.1, 0.15) is 22.3 Å². The molecule has 0 unspecified atom stereocenters. The van der Waals surface area contributed by atoms with Gasteiger partial charge in [-0.1, -0.05) is 0 Å². The maximum atomic E-state index is 12.5. The third-order valence-corrected chi connectivity index (χ3v) is 3.73. The topological polar surface area (TPSA) is 40.6 Å². The highest BCUT2D eigenvalue weighted by Crippen LogP contribution is 2.29. The number of piperazine rings is 1. The lowest BCUT2D eigenvalue weighted by Gasteiger charge is -2.35. The Kier molecular flexibility index (Phi) is 5.28. The second-order valence-electron chi connectivity index (χ2n) is 5.54. The molecule has 0 saturated carbocycles. The number of hydrogen-bond donors (Lipinski definition) is 0. The summed E-state index contributed by atoms with van der Waals surface area (Å²) in [5.74, 6) is -1.59. The van der Waals surface area contributed by atoms with E-state index in [9.17, 15) is 35.9 Å². The molecule has 0 N–H and O–H groups in total. The normalized spacial score (nSPS) is 16.1. The molecular weight excluding hydrogens is 354 g/mol. The van der Waals surface area contributed by atoms with Crippen LogP contribution in [0.3, 0.4) is 0 Å². The van der Waals surface area contributed by atoms with Gasteiger partial charge < -0.3 is 9.80 Å². The molecule has 0 bridgehead atoms. The summed E-state index contributed by atoms with van der Waals surface area (Å²) < 4.78 is 74.1. The molecule has 1 fully saturated rings. The highest BCUT2D eigenvalue weighted by atomic mass is 19.4. The van der Waals surface area contributed by atoms with Gasteiger partial charge in [-0.25, -0.2) is 0 Å². The minimum absolute atomic E-state index is 0.0173. The molecule has 1 heterocycles. The number of halogens is 6. The average Bonchev–Trinajstić information content (AvgIpc) is 2.52. The Morgan fingerprint density at radius 3 is 1.76 bits per heavy atom. The van der Waals surface area contributed by atoms with Crippen LogP contribution in [0.4, 0.5) is 26.3 Å². The first-order valence-electron chi connectivity index (χ1n) is 7.28. The molecule has 1 saturated heterocycles. The Morgan fingerprint density at radius 1 is 0.840 bits per heavy atom. The Labute approximate surface area is 139 Å². The number of carbonyl (C=O) groups excluding carboxylic acids is 2. The van der Waals surface area contributed by atoms with Crippen molar-refractivity contribution in [3.8, 4) is 0 Å². The summed E-state index contributed by atoms with van der Waals surface area (Å²) in [6.45, 7) is -0.0739. The van der Waals surface area contributed by atoms with Crippen molar-refractivity contribution in [1.82, 2.24) is 9.80 Å². The van der Waals surface area contributed by atoms with Gasteiger partial charge in [0, 0.05) is 31.7 Å². The highest BCUT2D eigenvalue weighted by Gasteiger charge is 2.35. The summed E-state index contributed by atoms with van der Waals surface area (Å²) >= 11 is 0. The highest BCUT2D eigenvalue weighted by molar-refractivity contribution is 5.94. The lowest BCUT2D eigenvalue weighted by molar-refractivity contribution is -0.162. The maximum absolute atomic E-state index is 12.5. The first kappa shape index (κ1) is 19.1. The van der Waals surface area contributed by atoms with Crippen molar-refractivity contribution >= 4 is 11.8 Å². The summed E-state index contributed by atoms with van der Waals surface area (Å²) in [5.41, 5.74) is -0.838. The Balaban J connectivity index is 1.94. The third kappa shape index (κ3) is 5.10. The van der Waals surface area contributed by atoms with Gasteiger partial charge in [0.1, 0.15) is 6.42 Å². The zero-order chi connectivity index (χ0) is 18.8. The van der Waals surface area contributed by atoms with Gasteiger partial charge in [-0.3, -0.25) is 9.59 Å². The van der Waals surface area contributed by atoms with Gasteiger partial charge in [-0.15, -0.1) is 0 Å². The summed E-state index contributed by atoms with van der Waals surface area (Å²) in [4.78, 5) is 26.0. The van der Waals surface area contributed by atoms with E-state index in [0.29, 0.717) is 0 Å². The summed E-state index contributed by atoms with van der Waals surface area (Å²) in [5, 5.41) is 0. The van der Waals surface area contributed by atoms with E-state index in [1.807, 2.05) is 0 Å². The minimum atomic E-state index is -4.59. The zero-order valence-corrected chi connectivity index (χ0v) is 12.8. The van der Waals surface area contributed by atoms with Gasteiger partial charge in [0.2, 0.25) is 5.91 Å². The van der Waals surface area contributed by atoms with E-state index in [1.165, 1.54) is 4.90 Å². The van der Waals surface area contributed by atoms with Crippen molar-refractivity contribution in [2.75, 3.05) is 26.2 Å². The van der Waals surface area contributed by atoms with Gasteiger partial charge in [0.15, 0.2) is 0 Å². The summed E-state index contributed by atoms with van der Waals surface area (Å²) in [6.07, 6.45) is -10.7. The number of amides is 2. The molecule has 0 radical (unpaired) electrons. The molecule has 1 aromatic carbocycles. The Bertz CT molecular complexity index is 631. The second-order valence-corrected chi connectivity index (χ2v) is 5.54. The van der Waals surface area contributed by atoms with E-state index in [-0.39, 0.29) is 31.7 Å². The average molecular weight is 368 g/mol. The van der Waals surface area contributed by atoms with Crippen LogP contribution in [-0.2, 0) is 11.0 Å². The summed E-state index contributed by atoms with van der Waals surface area (Å²) in [6, 6.07) is 3.67. The van der Waals surface area contributed by atoms with Crippen molar-refractivity contribution < 1.29 is 35.9 Å². The predicted octanol–water partition coefficient (Wildman–Crippen LogP) is 2.94. The molecule has 1 aromatic rings. The smallest absolute Gasteiger partial charge is 0.339 e. The fourth-order valence-electron chi connectivity index (χ4n) is 2.43. The largest absolute Gasteiger partial charge is 0.416 e. The van der Waals surface area contributed by atoms with Gasteiger partial charge >= 0.3 is 12.4 Å². The van der Waals surface area contributed by atoms with E-state index in [2.05, 4.69) is 0 Å². The molecule has 0 aromatic heterocycles. The molecule has 1 aliphatic heterocycles.